The van der Waals surface area contributed by atoms with Gasteiger partial charge in [-0.2, -0.15) is 0 Å². The van der Waals surface area contributed by atoms with Crippen LogP contribution in [0, 0.1) is 4.91 Å². The van der Waals surface area contributed by atoms with Crippen molar-refractivity contribution in [2.24, 2.45) is 5.18 Å². The lowest BCUT2D eigenvalue weighted by atomic mass is 9.88. The van der Waals surface area contributed by atoms with Gasteiger partial charge in [0, 0.05) is 12.2 Å². The van der Waals surface area contributed by atoms with Gasteiger partial charge in [0.2, 0.25) is 0 Å². The number of aliphatic carboxylic acids is 1. The number of amides is 1. The molecule has 1 aromatic rings. The molecule has 1 saturated heterocycles. The summed E-state index contributed by atoms with van der Waals surface area (Å²) in [7, 11) is 0. The molecule has 0 saturated carbocycles. The second-order valence-electron chi connectivity index (χ2n) is 4.15. The second-order valence-corrected chi connectivity index (χ2v) is 4.15. The standard InChI is InChI=1S/C12H12N2O4/c15-10-12(13-18,11(16)17)7-4-8-14(10)9-5-2-1-3-6-9/h1-3,5-6H,4,7-8H2,(H,16,17). The number of benzene rings is 1. The second kappa shape index (κ2) is 4.56. The number of piperidine rings is 1. The number of nitrogens with zero attached hydrogens (tertiary/aromatic N) is 2. The van der Waals surface area contributed by atoms with E-state index in [-0.39, 0.29) is 6.42 Å². The maximum Gasteiger partial charge on any atom is 0.345 e. The Kier molecular flexibility index (Phi) is 3.10. The van der Waals surface area contributed by atoms with E-state index in [4.69, 9.17) is 5.11 Å². The average Bonchev–Trinajstić information content (AvgIpc) is 2.40. The molecule has 1 aromatic carbocycles. The van der Waals surface area contributed by atoms with Gasteiger partial charge in [0.05, 0.1) is 0 Å². The SMILES string of the molecule is O=NC1(C(=O)O)CCCN(c2ccccc2)C1=O. The van der Waals surface area contributed by atoms with Crippen LogP contribution in [-0.4, -0.2) is 29.1 Å². The van der Waals surface area contributed by atoms with Crippen LogP contribution in [0.1, 0.15) is 12.8 Å². The molecule has 1 fully saturated rings. The van der Waals surface area contributed by atoms with Gasteiger partial charge in [0.25, 0.3) is 11.4 Å². The van der Waals surface area contributed by atoms with Gasteiger partial charge in [0.15, 0.2) is 0 Å². The predicted octanol–water partition coefficient (Wildman–Crippen LogP) is 1.40. The smallest absolute Gasteiger partial charge is 0.345 e. The van der Waals surface area contributed by atoms with Crippen LogP contribution in [0.3, 0.4) is 0 Å². The minimum atomic E-state index is -2.17. The Hall–Kier alpha value is -2.24. The Balaban J connectivity index is 2.38. The van der Waals surface area contributed by atoms with Crippen LogP contribution < -0.4 is 4.90 Å². The van der Waals surface area contributed by atoms with Crippen molar-refractivity contribution in [3.05, 3.63) is 35.2 Å². The summed E-state index contributed by atoms with van der Waals surface area (Å²) < 4.78 is 0. The molecule has 0 bridgehead atoms. The van der Waals surface area contributed by atoms with Gasteiger partial charge in [-0.3, -0.25) is 4.79 Å². The number of carbonyl (C=O) groups excluding carboxylic acids is 1. The van der Waals surface area contributed by atoms with Crippen molar-refractivity contribution >= 4 is 17.6 Å². The lowest BCUT2D eigenvalue weighted by Gasteiger charge is -2.34. The summed E-state index contributed by atoms with van der Waals surface area (Å²) in [6, 6.07) is 8.67. The van der Waals surface area contributed by atoms with E-state index in [9.17, 15) is 14.5 Å². The van der Waals surface area contributed by atoms with Crippen molar-refractivity contribution in [2.45, 2.75) is 18.4 Å². The van der Waals surface area contributed by atoms with E-state index in [1.54, 1.807) is 30.3 Å². The van der Waals surface area contributed by atoms with Crippen LogP contribution in [0.4, 0.5) is 5.69 Å². The summed E-state index contributed by atoms with van der Waals surface area (Å²) in [5.41, 5.74) is -1.59. The zero-order valence-electron chi connectivity index (χ0n) is 9.57. The van der Waals surface area contributed by atoms with E-state index >= 15 is 0 Å². The highest BCUT2D eigenvalue weighted by molar-refractivity contribution is 6.14. The fourth-order valence-electron chi connectivity index (χ4n) is 2.10. The summed E-state index contributed by atoms with van der Waals surface area (Å²) in [5, 5.41) is 11.7. The molecule has 1 aliphatic rings. The largest absolute Gasteiger partial charge is 0.479 e. The van der Waals surface area contributed by atoms with Crippen LogP contribution >= 0.6 is 0 Å². The molecule has 1 N–H and O–H groups in total. The fraction of sp³-hybridized carbons (Fsp3) is 0.333. The number of para-hydroxylation sites is 1. The van der Waals surface area contributed by atoms with E-state index < -0.39 is 17.4 Å². The van der Waals surface area contributed by atoms with Crippen molar-refractivity contribution < 1.29 is 14.7 Å². The van der Waals surface area contributed by atoms with E-state index in [1.807, 2.05) is 0 Å². The van der Waals surface area contributed by atoms with Gasteiger partial charge in [0.1, 0.15) is 0 Å². The molecule has 1 aliphatic heterocycles. The Morgan fingerprint density at radius 1 is 1.33 bits per heavy atom. The zero-order valence-corrected chi connectivity index (χ0v) is 9.57. The summed E-state index contributed by atoms with van der Waals surface area (Å²) in [4.78, 5) is 35.5. The molecule has 1 amide bonds. The molecule has 18 heavy (non-hydrogen) atoms. The maximum absolute atomic E-state index is 12.2. The highest BCUT2D eigenvalue weighted by Crippen LogP contribution is 2.30. The third-order valence-corrected chi connectivity index (χ3v) is 3.10. The molecule has 0 spiro atoms. The summed E-state index contributed by atoms with van der Waals surface area (Å²) in [6.07, 6.45) is 0.382. The molecule has 1 heterocycles. The quantitative estimate of drug-likeness (QED) is 0.647. The zero-order chi connectivity index (χ0) is 13.2. The normalized spacial score (nSPS) is 23.8. The minimum Gasteiger partial charge on any atom is -0.479 e. The van der Waals surface area contributed by atoms with E-state index in [2.05, 4.69) is 5.18 Å². The highest BCUT2D eigenvalue weighted by atomic mass is 16.4. The van der Waals surface area contributed by atoms with Crippen molar-refractivity contribution in [1.82, 2.24) is 0 Å². The number of carbonyl (C=O) groups is 2. The minimum absolute atomic E-state index is 0.0476. The lowest BCUT2D eigenvalue weighted by Crippen LogP contribution is -2.56. The molecule has 2 rings (SSSR count). The number of carboxylic acid groups (broad SMARTS) is 1. The van der Waals surface area contributed by atoms with E-state index in [0.717, 1.165) is 0 Å². The van der Waals surface area contributed by atoms with Gasteiger partial charge in [-0.25, -0.2) is 4.79 Å². The summed E-state index contributed by atoms with van der Waals surface area (Å²) >= 11 is 0. The third-order valence-electron chi connectivity index (χ3n) is 3.10. The summed E-state index contributed by atoms with van der Waals surface area (Å²) in [5.74, 6) is -2.24. The Morgan fingerprint density at radius 2 is 2.00 bits per heavy atom. The molecule has 94 valence electrons. The van der Waals surface area contributed by atoms with Crippen molar-refractivity contribution in [1.29, 1.82) is 0 Å². The first-order valence-corrected chi connectivity index (χ1v) is 5.57. The molecule has 6 heteroatoms. The number of nitroso groups, excluding NO2 is 1. The van der Waals surface area contributed by atoms with Crippen LogP contribution in [-0.2, 0) is 9.59 Å². The topological polar surface area (TPSA) is 87.0 Å². The van der Waals surface area contributed by atoms with Gasteiger partial charge in [-0.05, 0) is 30.2 Å². The maximum atomic E-state index is 12.2. The number of hydrogen-bond acceptors (Lipinski definition) is 4. The Morgan fingerprint density at radius 3 is 2.56 bits per heavy atom. The fourth-order valence-corrected chi connectivity index (χ4v) is 2.10. The average molecular weight is 248 g/mol. The molecule has 1 unspecified atom stereocenters. The first-order valence-electron chi connectivity index (χ1n) is 5.57. The first kappa shape index (κ1) is 12.2. The number of carboxylic acids is 1. The van der Waals surface area contributed by atoms with Crippen molar-refractivity contribution in [2.75, 3.05) is 11.4 Å². The van der Waals surface area contributed by atoms with Gasteiger partial charge in [-0.15, -0.1) is 4.91 Å². The van der Waals surface area contributed by atoms with Crippen molar-refractivity contribution in [3.63, 3.8) is 0 Å². The van der Waals surface area contributed by atoms with Crippen LogP contribution in [0.2, 0.25) is 0 Å². The van der Waals surface area contributed by atoms with Crippen LogP contribution in [0.15, 0.2) is 35.5 Å². The first-order chi connectivity index (χ1) is 8.62. The van der Waals surface area contributed by atoms with E-state index in [0.29, 0.717) is 18.7 Å². The third kappa shape index (κ3) is 1.75. The molecule has 1 atom stereocenters. The predicted molar refractivity (Wildman–Crippen MR) is 64.2 cm³/mol. The molecule has 0 aromatic heterocycles. The molecular weight excluding hydrogens is 236 g/mol. The number of anilines is 1. The number of rotatable bonds is 3. The van der Waals surface area contributed by atoms with Crippen molar-refractivity contribution in [3.8, 4) is 0 Å². The Bertz CT molecular complexity index is 488. The van der Waals surface area contributed by atoms with Gasteiger partial charge in [-0.1, -0.05) is 18.2 Å². The Labute approximate surface area is 103 Å². The highest BCUT2D eigenvalue weighted by Gasteiger charge is 2.53. The van der Waals surface area contributed by atoms with Crippen LogP contribution in [0.5, 0.6) is 0 Å². The monoisotopic (exact) mass is 248 g/mol. The van der Waals surface area contributed by atoms with Gasteiger partial charge >= 0.3 is 5.97 Å². The number of hydrogen-bond donors (Lipinski definition) is 1. The molecule has 0 aliphatic carbocycles. The van der Waals surface area contributed by atoms with Gasteiger partial charge < -0.3 is 10.0 Å². The molecule has 6 nitrogen and oxygen atoms in total. The van der Waals surface area contributed by atoms with Crippen LogP contribution in [0.25, 0.3) is 0 Å². The molecule has 0 radical (unpaired) electrons. The van der Waals surface area contributed by atoms with E-state index in [1.165, 1.54) is 4.90 Å². The summed E-state index contributed by atoms with van der Waals surface area (Å²) in [6.45, 7) is 0.396. The molecular formula is C12H12N2O4. The lowest BCUT2D eigenvalue weighted by molar-refractivity contribution is -0.149.